The molecule has 1 unspecified atom stereocenters. The van der Waals surface area contributed by atoms with Gasteiger partial charge in [-0.05, 0) is 31.4 Å². The Balaban J connectivity index is 0.00000338. The maximum absolute atomic E-state index is 4.63. The predicted octanol–water partition coefficient (Wildman–Crippen LogP) is 4.35. The van der Waals surface area contributed by atoms with Crippen LogP contribution in [0.5, 0.6) is 0 Å². The molecule has 1 atom stereocenters. The molecule has 1 aromatic heterocycles. The van der Waals surface area contributed by atoms with E-state index in [1.54, 1.807) is 7.05 Å². The van der Waals surface area contributed by atoms with Crippen LogP contribution in [0.2, 0.25) is 0 Å². The Morgan fingerprint density at radius 1 is 1.27 bits per heavy atom. The maximum Gasteiger partial charge on any atom is 0.191 e. The van der Waals surface area contributed by atoms with E-state index in [9.17, 15) is 0 Å². The van der Waals surface area contributed by atoms with Gasteiger partial charge in [0.2, 0.25) is 0 Å². The maximum atomic E-state index is 4.63. The average molecular weight is 534 g/mol. The lowest BCUT2D eigenvalue weighted by molar-refractivity contribution is 0.679. The van der Waals surface area contributed by atoms with Crippen LogP contribution >= 0.6 is 39.9 Å². The van der Waals surface area contributed by atoms with Gasteiger partial charge >= 0.3 is 0 Å². The molecule has 0 saturated carbocycles. The fourth-order valence-corrected chi connectivity index (χ4v) is 3.70. The molecule has 1 aromatic carbocycles. The lowest BCUT2D eigenvalue weighted by atomic mass is 10.1. The number of hydrogen-bond acceptors (Lipinski definition) is 2. The third-order valence-electron chi connectivity index (χ3n) is 4.41. The van der Waals surface area contributed by atoms with Gasteiger partial charge in [-0.15, -0.1) is 24.0 Å². The van der Waals surface area contributed by atoms with Gasteiger partial charge in [-0.2, -0.15) is 5.10 Å². The summed E-state index contributed by atoms with van der Waals surface area (Å²) in [5.74, 6) is 0.788. The molecule has 2 aromatic rings. The summed E-state index contributed by atoms with van der Waals surface area (Å²) in [5, 5.41) is 11.5. The molecular formula is C19H29BrIN5. The number of aryl methyl sites for hydroxylation is 2. The second-order valence-corrected chi connectivity index (χ2v) is 6.87. The largest absolute Gasteiger partial charge is 0.352 e. The van der Waals surface area contributed by atoms with Crippen molar-refractivity contribution in [1.82, 2.24) is 20.4 Å². The summed E-state index contributed by atoms with van der Waals surface area (Å²) >= 11 is 3.61. The average Bonchev–Trinajstić information content (AvgIpc) is 2.93. The second kappa shape index (κ2) is 10.9. The lowest BCUT2D eigenvalue weighted by Crippen LogP contribution is -2.38. The summed E-state index contributed by atoms with van der Waals surface area (Å²) in [5.41, 5.74) is 4.92. The summed E-state index contributed by atoms with van der Waals surface area (Å²) in [7, 11) is 3.82. The quantitative estimate of drug-likeness (QED) is 0.330. The van der Waals surface area contributed by atoms with Gasteiger partial charge in [-0.25, -0.2) is 0 Å². The molecule has 0 aliphatic rings. The van der Waals surface area contributed by atoms with Gasteiger partial charge in [0, 0.05) is 36.4 Å². The molecule has 0 aliphatic heterocycles. The summed E-state index contributed by atoms with van der Waals surface area (Å²) < 4.78 is 3.09. The van der Waals surface area contributed by atoms with E-state index in [0.29, 0.717) is 0 Å². The molecule has 2 N–H and O–H groups in total. The Bertz CT molecular complexity index is 742. The van der Waals surface area contributed by atoms with Crippen LogP contribution in [-0.2, 0) is 26.4 Å². The van der Waals surface area contributed by atoms with Gasteiger partial charge in [-0.1, -0.05) is 48.0 Å². The fourth-order valence-electron chi connectivity index (χ4n) is 3.07. The van der Waals surface area contributed by atoms with Gasteiger partial charge in [0.1, 0.15) is 0 Å². The Labute approximate surface area is 182 Å². The van der Waals surface area contributed by atoms with E-state index < -0.39 is 0 Å². The monoisotopic (exact) mass is 533 g/mol. The Morgan fingerprint density at radius 2 is 1.96 bits per heavy atom. The number of rotatable bonds is 6. The molecule has 0 bridgehead atoms. The minimum absolute atomic E-state index is 0. The Kier molecular flexibility index (Phi) is 9.63. The first-order valence-corrected chi connectivity index (χ1v) is 9.56. The van der Waals surface area contributed by atoms with Crippen LogP contribution in [0.4, 0.5) is 0 Å². The van der Waals surface area contributed by atoms with Gasteiger partial charge in [-0.3, -0.25) is 9.67 Å². The third kappa shape index (κ3) is 5.45. The van der Waals surface area contributed by atoms with Crippen LogP contribution in [0.25, 0.3) is 0 Å². The highest BCUT2D eigenvalue weighted by atomic mass is 127. The summed E-state index contributed by atoms with van der Waals surface area (Å²) in [6, 6.07) is 8.38. The van der Waals surface area contributed by atoms with Crippen molar-refractivity contribution >= 4 is 45.9 Å². The number of aromatic nitrogens is 2. The van der Waals surface area contributed by atoms with E-state index in [1.807, 2.05) is 23.9 Å². The van der Waals surface area contributed by atoms with E-state index >= 15 is 0 Å². The molecule has 26 heavy (non-hydrogen) atoms. The van der Waals surface area contributed by atoms with Crippen molar-refractivity contribution in [1.29, 1.82) is 0 Å². The smallest absolute Gasteiger partial charge is 0.191 e. The van der Waals surface area contributed by atoms with Crippen molar-refractivity contribution in [2.24, 2.45) is 12.0 Å². The topological polar surface area (TPSA) is 54.2 Å². The molecule has 5 nitrogen and oxygen atoms in total. The van der Waals surface area contributed by atoms with Crippen LogP contribution in [0, 0.1) is 0 Å². The molecule has 0 radical (unpaired) electrons. The first kappa shape index (κ1) is 23.0. The molecule has 0 saturated heterocycles. The zero-order valence-electron chi connectivity index (χ0n) is 16.1. The SMILES string of the molecule is CCc1nn(C)c(CC)c1CNC(=NC)NC(C)c1ccccc1Br.I. The molecule has 0 spiro atoms. The van der Waals surface area contributed by atoms with Crippen LogP contribution in [0.1, 0.15) is 49.3 Å². The normalized spacial score (nSPS) is 12.5. The van der Waals surface area contributed by atoms with E-state index in [2.05, 4.69) is 69.6 Å². The van der Waals surface area contributed by atoms with E-state index in [0.717, 1.165) is 35.5 Å². The molecule has 0 aliphatic carbocycles. The van der Waals surface area contributed by atoms with Crippen molar-refractivity contribution in [3.8, 4) is 0 Å². The van der Waals surface area contributed by atoms with Crippen LogP contribution in [0.3, 0.4) is 0 Å². The Hall–Kier alpha value is -1.09. The van der Waals surface area contributed by atoms with Gasteiger partial charge < -0.3 is 10.6 Å². The van der Waals surface area contributed by atoms with Crippen molar-refractivity contribution in [2.75, 3.05) is 7.05 Å². The van der Waals surface area contributed by atoms with Gasteiger partial charge in [0.25, 0.3) is 0 Å². The van der Waals surface area contributed by atoms with E-state index in [1.165, 1.54) is 16.8 Å². The minimum Gasteiger partial charge on any atom is -0.352 e. The van der Waals surface area contributed by atoms with Crippen molar-refractivity contribution in [3.05, 3.63) is 51.3 Å². The first-order chi connectivity index (χ1) is 12.0. The zero-order valence-corrected chi connectivity index (χ0v) is 20.1. The summed E-state index contributed by atoms with van der Waals surface area (Å²) in [6.45, 7) is 7.17. The predicted molar refractivity (Wildman–Crippen MR) is 123 cm³/mol. The zero-order chi connectivity index (χ0) is 18.4. The van der Waals surface area contributed by atoms with Crippen molar-refractivity contribution < 1.29 is 0 Å². The summed E-state index contributed by atoms with van der Waals surface area (Å²) in [4.78, 5) is 4.37. The highest BCUT2D eigenvalue weighted by Gasteiger charge is 2.15. The number of nitrogens with one attached hydrogen (secondary N) is 2. The first-order valence-electron chi connectivity index (χ1n) is 8.76. The number of guanidine groups is 1. The molecule has 0 amide bonds. The molecule has 1 heterocycles. The highest BCUT2D eigenvalue weighted by molar-refractivity contribution is 14.0. The molecule has 0 fully saturated rings. The molecular weight excluding hydrogens is 505 g/mol. The number of aliphatic imine (C=N–C) groups is 1. The lowest BCUT2D eigenvalue weighted by Gasteiger charge is -2.19. The number of halogens is 2. The molecule has 144 valence electrons. The standard InChI is InChI=1S/C19H28BrN5.HI/c1-6-17-15(18(7-2)25(5)24-17)12-22-19(21-4)23-13(3)14-10-8-9-11-16(14)20;/h8-11,13H,6-7,12H2,1-5H3,(H2,21,22,23);1H. The van der Waals surface area contributed by atoms with Crippen molar-refractivity contribution in [3.63, 3.8) is 0 Å². The Morgan fingerprint density at radius 3 is 2.54 bits per heavy atom. The van der Waals surface area contributed by atoms with Crippen LogP contribution in [-0.4, -0.2) is 22.8 Å². The number of hydrogen-bond donors (Lipinski definition) is 2. The second-order valence-electron chi connectivity index (χ2n) is 6.02. The van der Waals surface area contributed by atoms with E-state index in [-0.39, 0.29) is 30.0 Å². The van der Waals surface area contributed by atoms with Gasteiger partial charge in [0.15, 0.2) is 5.96 Å². The van der Waals surface area contributed by atoms with Crippen LogP contribution in [0.15, 0.2) is 33.7 Å². The molecule has 2 rings (SSSR count). The van der Waals surface area contributed by atoms with Crippen LogP contribution < -0.4 is 10.6 Å². The third-order valence-corrected chi connectivity index (χ3v) is 5.13. The fraction of sp³-hybridized carbons (Fsp3) is 0.474. The van der Waals surface area contributed by atoms with E-state index in [4.69, 9.17) is 0 Å². The molecule has 7 heteroatoms. The number of nitrogens with zero attached hydrogens (tertiary/aromatic N) is 3. The number of benzene rings is 1. The van der Waals surface area contributed by atoms with Gasteiger partial charge in [0.05, 0.1) is 11.7 Å². The van der Waals surface area contributed by atoms with Crippen molar-refractivity contribution in [2.45, 2.75) is 46.2 Å². The summed E-state index contributed by atoms with van der Waals surface area (Å²) in [6.07, 6.45) is 1.91. The highest BCUT2D eigenvalue weighted by Crippen LogP contribution is 2.22. The minimum atomic E-state index is 0.